The van der Waals surface area contributed by atoms with E-state index in [-0.39, 0.29) is 4.59 Å². The fraction of sp³-hybridized carbons (Fsp3) is 0.379. The van der Waals surface area contributed by atoms with E-state index < -0.39 is 0 Å². The van der Waals surface area contributed by atoms with Gasteiger partial charge in [0.15, 0.2) is 0 Å². The SMILES string of the molecule is N[N+]12C=CN=CC1=C(C1CCC(CN3CCC3)CC1)N=C2c1cccc(OCc2ccccc2)c1. The summed E-state index contributed by atoms with van der Waals surface area (Å²) < 4.78 is 6.18. The van der Waals surface area contributed by atoms with Gasteiger partial charge in [-0.1, -0.05) is 36.4 Å². The zero-order valence-electron chi connectivity index (χ0n) is 20.2. The summed E-state index contributed by atoms with van der Waals surface area (Å²) >= 11 is 0. The lowest BCUT2D eigenvalue weighted by molar-refractivity contribution is -0.750. The predicted octanol–water partition coefficient (Wildman–Crippen LogP) is 5.00. The molecule has 35 heavy (non-hydrogen) atoms. The number of hydrogen-bond donors (Lipinski definition) is 1. The molecule has 0 aromatic heterocycles. The van der Waals surface area contributed by atoms with E-state index in [0.717, 1.165) is 40.0 Å². The first-order valence-electron chi connectivity index (χ1n) is 12.9. The molecule has 4 aliphatic rings. The van der Waals surface area contributed by atoms with Gasteiger partial charge in [0.1, 0.15) is 24.3 Å². The van der Waals surface area contributed by atoms with E-state index in [1.54, 1.807) is 6.20 Å². The van der Waals surface area contributed by atoms with Crippen LogP contribution in [0.1, 0.15) is 43.2 Å². The standard InChI is InChI=1S/C29H34N5O/c30-34-17-14-31-19-27(34)28(24-12-10-22(11-13-24)20-33-15-5-16-33)32-29(34)25-8-4-9-26(18-25)35-21-23-6-2-1-3-7-23/h1-4,6-9,14,17-19,22,24H,5,10-13,15-16,20-21,30H2/q+1. The normalized spacial score (nSPS) is 28.0. The van der Waals surface area contributed by atoms with Gasteiger partial charge < -0.3 is 9.64 Å². The van der Waals surface area contributed by atoms with Crippen LogP contribution in [0.25, 0.3) is 0 Å². The highest BCUT2D eigenvalue weighted by molar-refractivity contribution is 6.00. The van der Waals surface area contributed by atoms with E-state index in [0.29, 0.717) is 12.5 Å². The predicted molar refractivity (Wildman–Crippen MR) is 139 cm³/mol. The monoisotopic (exact) mass is 468 g/mol. The van der Waals surface area contributed by atoms with Crippen molar-refractivity contribution in [2.24, 2.45) is 27.7 Å². The molecule has 6 heteroatoms. The van der Waals surface area contributed by atoms with Crippen LogP contribution in [0.15, 0.2) is 88.4 Å². The number of rotatable bonds is 7. The zero-order chi connectivity index (χ0) is 23.7. The Morgan fingerprint density at radius 1 is 1.00 bits per heavy atom. The van der Waals surface area contributed by atoms with Crippen LogP contribution < -0.4 is 10.6 Å². The number of hydrogen-bond acceptors (Lipinski definition) is 5. The fourth-order valence-electron chi connectivity index (χ4n) is 5.72. The lowest BCUT2D eigenvalue weighted by Gasteiger charge is -2.37. The highest BCUT2D eigenvalue weighted by atomic mass is 16.5. The third-order valence-corrected chi connectivity index (χ3v) is 7.86. The van der Waals surface area contributed by atoms with Crippen LogP contribution in [0.3, 0.4) is 0 Å². The number of fused-ring (bicyclic) bond motifs is 1. The summed E-state index contributed by atoms with van der Waals surface area (Å²) in [6.45, 7) is 4.37. The third-order valence-electron chi connectivity index (χ3n) is 7.86. The Bertz CT molecular complexity index is 1190. The number of aliphatic imine (C=N–C) groups is 2. The van der Waals surface area contributed by atoms with Gasteiger partial charge >= 0.3 is 0 Å². The van der Waals surface area contributed by atoms with Crippen LogP contribution in [0.4, 0.5) is 0 Å². The molecule has 1 saturated heterocycles. The van der Waals surface area contributed by atoms with Crippen molar-refractivity contribution in [2.45, 2.75) is 38.7 Å². The van der Waals surface area contributed by atoms with Crippen LogP contribution >= 0.6 is 0 Å². The zero-order valence-corrected chi connectivity index (χ0v) is 20.2. The Balaban J connectivity index is 1.21. The second-order valence-corrected chi connectivity index (χ2v) is 10.2. The number of nitrogens with zero attached hydrogens (tertiary/aromatic N) is 4. The molecule has 1 aliphatic carbocycles. The van der Waals surface area contributed by atoms with E-state index >= 15 is 0 Å². The number of allylic oxidation sites excluding steroid dienone is 2. The quantitative estimate of drug-likeness (QED) is 0.460. The smallest absolute Gasteiger partial charge is 0.265 e. The Hall–Kier alpha value is -3.06. The number of quaternary nitrogens is 1. The maximum Gasteiger partial charge on any atom is 0.265 e. The van der Waals surface area contributed by atoms with E-state index in [4.69, 9.17) is 15.6 Å². The number of ether oxygens (including phenoxy) is 1. The van der Waals surface area contributed by atoms with Gasteiger partial charge in [-0.25, -0.2) is 0 Å². The molecule has 6 rings (SSSR count). The number of nitrogens with two attached hydrogens (primary N) is 1. The summed E-state index contributed by atoms with van der Waals surface area (Å²) in [6, 6.07) is 18.4. The molecule has 3 heterocycles. The van der Waals surface area contributed by atoms with Crippen LogP contribution in [-0.2, 0) is 6.61 Å². The van der Waals surface area contributed by atoms with Gasteiger partial charge in [0.25, 0.3) is 5.84 Å². The minimum absolute atomic E-state index is 0.0781. The molecule has 2 aromatic carbocycles. The van der Waals surface area contributed by atoms with Crippen molar-refractivity contribution in [3.63, 3.8) is 0 Å². The Kier molecular flexibility index (Phi) is 6.10. The van der Waals surface area contributed by atoms with Crippen LogP contribution in [-0.4, -0.2) is 41.2 Å². The second-order valence-electron chi connectivity index (χ2n) is 10.2. The van der Waals surface area contributed by atoms with Crippen molar-refractivity contribution in [1.82, 2.24) is 4.90 Å². The summed E-state index contributed by atoms with van der Waals surface area (Å²) in [5, 5.41) is 0. The molecule has 2 N–H and O–H groups in total. The van der Waals surface area contributed by atoms with E-state index in [2.05, 4.69) is 34.2 Å². The third kappa shape index (κ3) is 4.49. The summed E-state index contributed by atoms with van der Waals surface area (Å²) in [5.41, 5.74) is 4.25. The highest BCUT2D eigenvalue weighted by Gasteiger charge is 2.46. The summed E-state index contributed by atoms with van der Waals surface area (Å²) in [6.07, 6.45) is 11.9. The van der Waals surface area contributed by atoms with Gasteiger partial charge in [-0.3, -0.25) is 4.99 Å². The van der Waals surface area contributed by atoms with Crippen LogP contribution in [0, 0.1) is 11.8 Å². The number of likely N-dealkylation sites (tertiary alicyclic amines) is 1. The van der Waals surface area contributed by atoms with E-state index in [1.807, 2.05) is 42.7 Å². The molecule has 2 fully saturated rings. The Morgan fingerprint density at radius 3 is 2.60 bits per heavy atom. The molecular formula is C29H34N5O+. The first kappa shape index (κ1) is 22.4. The topological polar surface area (TPSA) is 63.2 Å². The van der Waals surface area contributed by atoms with Gasteiger partial charge in [0.05, 0.1) is 18.0 Å². The van der Waals surface area contributed by atoms with E-state index in [1.165, 1.54) is 51.7 Å². The van der Waals surface area contributed by atoms with Crippen molar-refractivity contribution in [1.29, 1.82) is 0 Å². The highest BCUT2D eigenvalue weighted by Crippen LogP contribution is 2.41. The lowest BCUT2D eigenvalue weighted by atomic mass is 9.79. The average molecular weight is 469 g/mol. The molecule has 0 bridgehead atoms. The van der Waals surface area contributed by atoms with Crippen LogP contribution in [0.2, 0.25) is 0 Å². The minimum atomic E-state index is 0.0781. The number of benzene rings is 2. The number of amidine groups is 1. The molecule has 1 atom stereocenters. The molecule has 6 nitrogen and oxygen atoms in total. The molecule has 1 unspecified atom stereocenters. The molecule has 3 aliphatic heterocycles. The molecule has 0 spiro atoms. The largest absolute Gasteiger partial charge is 0.489 e. The lowest BCUT2D eigenvalue weighted by Crippen LogP contribution is -2.53. The van der Waals surface area contributed by atoms with Gasteiger partial charge in [-0.15, -0.1) is 4.59 Å². The minimum Gasteiger partial charge on any atom is -0.489 e. The molecule has 0 amide bonds. The Morgan fingerprint density at radius 2 is 1.83 bits per heavy atom. The van der Waals surface area contributed by atoms with Crippen molar-refractivity contribution < 1.29 is 9.33 Å². The fourth-order valence-corrected chi connectivity index (χ4v) is 5.72. The van der Waals surface area contributed by atoms with Gasteiger partial charge in [0, 0.05) is 12.5 Å². The van der Waals surface area contributed by atoms with Gasteiger partial charge in [-0.05, 0) is 74.9 Å². The maximum absolute atomic E-state index is 6.99. The molecule has 180 valence electrons. The van der Waals surface area contributed by atoms with Crippen LogP contribution in [0.5, 0.6) is 5.75 Å². The second kappa shape index (κ2) is 9.53. The van der Waals surface area contributed by atoms with Crippen molar-refractivity contribution in [3.8, 4) is 5.75 Å². The first-order valence-corrected chi connectivity index (χ1v) is 12.9. The molecular weight excluding hydrogens is 434 g/mol. The summed E-state index contributed by atoms with van der Waals surface area (Å²) in [5.74, 6) is 9.90. The molecule has 1 saturated carbocycles. The van der Waals surface area contributed by atoms with E-state index in [9.17, 15) is 0 Å². The van der Waals surface area contributed by atoms with Crippen molar-refractivity contribution in [3.05, 3.63) is 89.5 Å². The maximum atomic E-state index is 6.99. The van der Waals surface area contributed by atoms with Crippen molar-refractivity contribution >= 4 is 12.1 Å². The Labute approximate surface area is 207 Å². The molecule has 0 radical (unpaired) electrons. The summed E-state index contributed by atoms with van der Waals surface area (Å²) in [7, 11) is 0. The van der Waals surface area contributed by atoms with Gasteiger partial charge in [-0.2, -0.15) is 10.8 Å². The summed E-state index contributed by atoms with van der Waals surface area (Å²) in [4.78, 5) is 12.2. The average Bonchev–Trinajstić information content (AvgIpc) is 3.19. The molecule has 2 aromatic rings. The van der Waals surface area contributed by atoms with Gasteiger partial charge in [0.2, 0.25) is 5.70 Å². The first-order chi connectivity index (χ1) is 17.2. The van der Waals surface area contributed by atoms with Crippen molar-refractivity contribution in [2.75, 3.05) is 19.6 Å².